The maximum atomic E-state index is 10.9. The first-order chi connectivity index (χ1) is 11.8. The van der Waals surface area contributed by atoms with Crippen molar-refractivity contribution in [3.63, 3.8) is 0 Å². The topological polar surface area (TPSA) is 43.4 Å². The molecule has 1 aliphatic heterocycles. The first kappa shape index (κ1) is 20.9. The molecule has 0 atom stereocenters. The molecule has 24 heavy (non-hydrogen) atoms. The van der Waals surface area contributed by atoms with Gasteiger partial charge in [0.05, 0.1) is 0 Å². The molecule has 3 heteroatoms. The molecule has 0 bridgehead atoms. The molecule has 1 aliphatic rings. The number of ether oxygens (including phenoxy) is 1. The number of rotatable bonds is 16. The summed E-state index contributed by atoms with van der Waals surface area (Å²) in [7, 11) is 0. The van der Waals surface area contributed by atoms with Crippen molar-refractivity contribution in [2.45, 2.75) is 103 Å². The van der Waals surface area contributed by atoms with E-state index in [1.807, 2.05) is 6.08 Å². The molecule has 1 saturated heterocycles. The zero-order valence-electron chi connectivity index (χ0n) is 15.6. The Morgan fingerprint density at radius 1 is 0.708 bits per heavy atom. The van der Waals surface area contributed by atoms with Gasteiger partial charge in [0.15, 0.2) is 5.92 Å². The monoisotopic (exact) mass is 336 g/mol. The van der Waals surface area contributed by atoms with Crippen LogP contribution in [0.5, 0.6) is 0 Å². The van der Waals surface area contributed by atoms with E-state index in [4.69, 9.17) is 0 Å². The Bertz CT molecular complexity index is 359. The highest BCUT2D eigenvalue weighted by Crippen LogP contribution is 2.17. The summed E-state index contributed by atoms with van der Waals surface area (Å²) >= 11 is 0. The summed E-state index contributed by atoms with van der Waals surface area (Å²) in [6.07, 6.45) is 23.6. The van der Waals surface area contributed by atoms with Crippen LogP contribution in [0.3, 0.4) is 0 Å². The van der Waals surface area contributed by atoms with Crippen molar-refractivity contribution in [3.8, 4) is 0 Å². The fourth-order valence-electron chi connectivity index (χ4n) is 3.11. The molecular formula is C21H36O3. The van der Waals surface area contributed by atoms with E-state index in [1.165, 1.54) is 83.5 Å². The van der Waals surface area contributed by atoms with Crippen LogP contribution in [0.2, 0.25) is 0 Å². The van der Waals surface area contributed by atoms with Crippen LogP contribution in [0.4, 0.5) is 0 Å². The second-order valence-corrected chi connectivity index (χ2v) is 7.03. The van der Waals surface area contributed by atoms with Gasteiger partial charge in [-0.3, -0.25) is 9.59 Å². The smallest absolute Gasteiger partial charge is 0.331 e. The molecule has 0 saturated carbocycles. The summed E-state index contributed by atoms with van der Waals surface area (Å²) < 4.78 is 4.30. The van der Waals surface area contributed by atoms with Crippen molar-refractivity contribution < 1.29 is 14.3 Å². The van der Waals surface area contributed by atoms with Crippen LogP contribution in [-0.4, -0.2) is 11.9 Å². The van der Waals surface area contributed by atoms with Gasteiger partial charge < -0.3 is 4.74 Å². The van der Waals surface area contributed by atoms with Crippen molar-refractivity contribution in [1.82, 2.24) is 0 Å². The van der Waals surface area contributed by atoms with Gasteiger partial charge in [-0.05, 0) is 12.8 Å². The molecule has 1 heterocycles. The van der Waals surface area contributed by atoms with Gasteiger partial charge in [0.25, 0.3) is 0 Å². The number of carbonyl (C=O) groups excluding carboxylic acids is 2. The Balaban J connectivity index is 1.74. The fraction of sp³-hybridized carbons (Fsp3) is 0.810. The van der Waals surface area contributed by atoms with Crippen LogP contribution in [0, 0.1) is 5.92 Å². The minimum Gasteiger partial charge on any atom is -0.391 e. The maximum Gasteiger partial charge on any atom is 0.331 e. The molecule has 0 unspecified atom stereocenters. The van der Waals surface area contributed by atoms with E-state index < -0.39 is 17.9 Å². The molecule has 0 spiro atoms. The molecular weight excluding hydrogens is 300 g/mol. The summed E-state index contributed by atoms with van der Waals surface area (Å²) in [5.41, 5.74) is 0. The Morgan fingerprint density at radius 2 is 1.12 bits per heavy atom. The lowest BCUT2D eigenvalue weighted by Crippen LogP contribution is -2.39. The van der Waals surface area contributed by atoms with Gasteiger partial charge in [-0.2, -0.15) is 0 Å². The molecule has 138 valence electrons. The Kier molecular flexibility index (Phi) is 12.4. The molecule has 3 nitrogen and oxygen atoms in total. The average molecular weight is 337 g/mol. The van der Waals surface area contributed by atoms with E-state index in [0.29, 0.717) is 0 Å². The number of carbonyl (C=O) groups is 2. The lowest BCUT2D eigenvalue weighted by Gasteiger charge is -2.17. The van der Waals surface area contributed by atoms with Crippen molar-refractivity contribution in [3.05, 3.63) is 12.2 Å². The standard InChI is InChI=1S/C21H36O3/c1-2-3-4-5-6-7-8-9-10-11-12-13-14-15-16-17-18-19-20(22)24-21(19)23/h17-19H,2-16H2,1H3/b18-17-. The number of cyclic esters (lactones) is 2. The largest absolute Gasteiger partial charge is 0.391 e. The van der Waals surface area contributed by atoms with E-state index in [2.05, 4.69) is 11.7 Å². The SMILES string of the molecule is CCCCCCCCCCCCCCCC/C=C\C1C(=O)OC1=O. The van der Waals surface area contributed by atoms with Gasteiger partial charge in [0, 0.05) is 0 Å². The highest BCUT2D eigenvalue weighted by atomic mass is 16.6. The minimum atomic E-state index is -0.614. The minimum absolute atomic E-state index is 0.405. The summed E-state index contributed by atoms with van der Waals surface area (Å²) in [6.45, 7) is 2.27. The fourth-order valence-corrected chi connectivity index (χ4v) is 3.11. The van der Waals surface area contributed by atoms with E-state index in [-0.39, 0.29) is 0 Å². The predicted molar refractivity (Wildman–Crippen MR) is 98.7 cm³/mol. The van der Waals surface area contributed by atoms with Crippen molar-refractivity contribution in [2.24, 2.45) is 5.92 Å². The molecule has 1 rings (SSSR count). The molecule has 0 amide bonds. The van der Waals surface area contributed by atoms with Gasteiger partial charge in [-0.25, -0.2) is 0 Å². The van der Waals surface area contributed by atoms with Crippen LogP contribution >= 0.6 is 0 Å². The molecule has 1 fully saturated rings. The highest BCUT2D eigenvalue weighted by molar-refractivity contribution is 6.11. The lowest BCUT2D eigenvalue weighted by molar-refractivity contribution is -0.180. The molecule has 0 aromatic rings. The first-order valence-corrected chi connectivity index (χ1v) is 10.2. The second-order valence-electron chi connectivity index (χ2n) is 7.03. The Morgan fingerprint density at radius 3 is 1.54 bits per heavy atom. The summed E-state index contributed by atoms with van der Waals surface area (Å²) in [5.74, 6) is -1.42. The van der Waals surface area contributed by atoms with Gasteiger partial charge in [0.2, 0.25) is 0 Å². The summed E-state index contributed by atoms with van der Waals surface area (Å²) in [5, 5.41) is 0. The molecule has 0 aliphatic carbocycles. The first-order valence-electron chi connectivity index (χ1n) is 10.2. The zero-order valence-corrected chi connectivity index (χ0v) is 15.6. The van der Waals surface area contributed by atoms with E-state index >= 15 is 0 Å². The number of unbranched alkanes of at least 4 members (excludes halogenated alkanes) is 14. The van der Waals surface area contributed by atoms with E-state index in [1.54, 1.807) is 6.08 Å². The summed E-state index contributed by atoms with van der Waals surface area (Å²) in [4.78, 5) is 21.9. The van der Waals surface area contributed by atoms with Crippen LogP contribution < -0.4 is 0 Å². The normalized spacial score (nSPS) is 15.0. The van der Waals surface area contributed by atoms with Crippen molar-refractivity contribution in [1.29, 1.82) is 0 Å². The van der Waals surface area contributed by atoms with Gasteiger partial charge in [-0.15, -0.1) is 0 Å². The van der Waals surface area contributed by atoms with E-state index in [9.17, 15) is 9.59 Å². The maximum absolute atomic E-state index is 10.9. The number of esters is 2. The number of allylic oxidation sites excluding steroid dienone is 1. The Labute approximate surface area is 148 Å². The predicted octanol–water partition coefficient (Wildman–Crippen LogP) is 6.11. The van der Waals surface area contributed by atoms with Crippen molar-refractivity contribution >= 4 is 11.9 Å². The van der Waals surface area contributed by atoms with Crippen LogP contribution in [-0.2, 0) is 14.3 Å². The Hall–Kier alpha value is -1.12. The van der Waals surface area contributed by atoms with Crippen molar-refractivity contribution in [2.75, 3.05) is 0 Å². The molecule has 0 aromatic carbocycles. The van der Waals surface area contributed by atoms with Crippen LogP contribution in [0.1, 0.15) is 103 Å². The zero-order chi connectivity index (χ0) is 17.5. The second kappa shape index (κ2) is 14.2. The number of hydrogen-bond donors (Lipinski definition) is 0. The van der Waals surface area contributed by atoms with Crippen LogP contribution in [0.15, 0.2) is 12.2 Å². The quantitative estimate of drug-likeness (QED) is 0.148. The van der Waals surface area contributed by atoms with E-state index in [0.717, 1.165) is 12.8 Å². The molecule has 0 N–H and O–H groups in total. The summed E-state index contributed by atoms with van der Waals surface area (Å²) in [6, 6.07) is 0. The third-order valence-corrected chi connectivity index (χ3v) is 4.76. The van der Waals surface area contributed by atoms with Gasteiger partial charge >= 0.3 is 11.9 Å². The highest BCUT2D eigenvalue weighted by Gasteiger charge is 2.39. The lowest BCUT2D eigenvalue weighted by atomic mass is 10.0. The third kappa shape index (κ3) is 9.89. The number of hydrogen-bond acceptors (Lipinski definition) is 3. The third-order valence-electron chi connectivity index (χ3n) is 4.76. The average Bonchev–Trinajstić information content (AvgIpc) is 2.57. The molecule has 0 aromatic heterocycles. The van der Waals surface area contributed by atoms with Gasteiger partial charge in [0.1, 0.15) is 0 Å². The van der Waals surface area contributed by atoms with Gasteiger partial charge in [-0.1, -0.05) is 103 Å². The molecule has 0 radical (unpaired) electrons. The van der Waals surface area contributed by atoms with Crippen LogP contribution in [0.25, 0.3) is 0 Å².